The number of piperidine rings is 1. The van der Waals surface area contributed by atoms with Crippen LogP contribution in [0.4, 0.5) is 17.3 Å². The number of benzene rings is 2. The molecule has 0 amide bonds. The van der Waals surface area contributed by atoms with E-state index in [1.54, 1.807) is 10.9 Å². The summed E-state index contributed by atoms with van der Waals surface area (Å²) in [5, 5.41) is 21.3. The minimum Gasteiger partial charge on any atom is -0.492 e. The van der Waals surface area contributed by atoms with E-state index < -0.39 is 0 Å². The number of aliphatic hydroxyl groups excluding tert-OH is 1. The van der Waals surface area contributed by atoms with Crippen molar-refractivity contribution >= 4 is 17.3 Å². The van der Waals surface area contributed by atoms with Crippen molar-refractivity contribution in [2.24, 2.45) is 0 Å². The summed E-state index contributed by atoms with van der Waals surface area (Å²) < 4.78 is 7.95. The third-order valence-electron chi connectivity index (χ3n) is 9.33. The van der Waals surface area contributed by atoms with Crippen molar-refractivity contribution in [3.8, 4) is 22.8 Å². The maximum atomic E-state index is 9.53. The van der Waals surface area contributed by atoms with Crippen LogP contribution in [0.2, 0.25) is 0 Å². The normalized spacial score (nSPS) is 17.2. The molecule has 4 heterocycles. The second kappa shape index (κ2) is 15.2. The molecule has 0 saturated carbocycles. The van der Waals surface area contributed by atoms with Crippen LogP contribution < -0.4 is 20.3 Å². The molecule has 0 bridgehead atoms. The Balaban J connectivity index is 1.20. The molecule has 2 aromatic carbocycles. The van der Waals surface area contributed by atoms with E-state index in [-0.39, 0.29) is 12.6 Å². The Morgan fingerprint density at radius 1 is 1.02 bits per heavy atom. The number of hydrogen-bond acceptors (Lipinski definition) is 10. The predicted octanol–water partition coefficient (Wildman–Crippen LogP) is 4.47. The first-order valence-electron chi connectivity index (χ1n) is 17.0. The van der Waals surface area contributed by atoms with Crippen LogP contribution in [-0.4, -0.2) is 106 Å². The molecule has 11 nitrogen and oxygen atoms in total. The number of ether oxygens (including phenoxy) is 1. The summed E-state index contributed by atoms with van der Waals surface area (Å²) in [6, 6.07) is 16.9. The number of piperazine rings is 1. The van der Waals surface area contributed by atoms with E-state index in [1.165, 1.54) is 37.2 Å². The fraction of sp³-hybridized carbons (Fsp3) is 0.472. The van der Waals surface area contributed by atoms with Gasteiger partial charge in [-0.25, -0.2) is 9.67 Å². The van der Waals surface area contributed by atoms with Crippen LogP contribution in [0.3, 0.4) is 0 Å². The van der Waals surface area contributed by atoms with Gasteiger partial charge in [-0.2, -0.15) is 10.1 Å². The minimum atomic E-state index is -0.0277. The van der Waals surface area contributed by atoms with Gasteiger partial charge in [-0.15, -0.1) is 0 Å². The van der Waals surface area contributed by atoms with E-state index in [1.807, 2.05) is 44.3 Å². The molecule has 3 N–H and O–H groups in total. The second-order valence-corrected chi connectivity index (χ2v) is 12.8. The average molecular weight is 640 g/mol. The first-order chi connectivity index (χ1) is 22.9. The van der Waals surface area contributed by atoms with Gasteiger partial charge in [0.25, 0.3) is 0 Å². The van der Waals surface area contributed by atoms with Crippen LogP contribution in [0.15, 0.2) is 60.9 Å². The van der Waals surface area contributed by atoms with Crippen molar-refractivity contribution in [3.63, 3.8) is 0 Å². The van der Waals surface area contributed by atoms with E-state index >= 15 is 0 Å². The molecule has 0 radical (unpaired) electrons. The molecule has 1 atom stereocenters. The zero-order valence-electron chi connectivity index (χ0n) is 28.2. The average Bonchev–Trinajstić information content (AvgIpc) is 3.54. The summed E-state index contributed by atoms with van der Waals surface area (Å²) in [5.41, 5.74) is 6.17. The number of nitrogens with zero attached hydrogens (tertiary/aromatic N) is 7. The smallest absolute Gasteiger partial charge is 0.229 e. The fourth-order valence-corrected chi connectivity index (χ4v) is 6.55. The first kappa shape index (κ1) is 32.9. The summed E-state index contributed by atoms with van der Waals surface area (Å²) in [6.45, 7) is 14.1. The van der Waals surface area contributed by atoms with Crippen molar-refractivity contribution in [1.29, 1.82) is 0 Å². The lowest BCUT2D eigenvalue weighted by molar-refractivity contribution is 0.0982. The largest absolute Gasteiger partial charge is 0.492 e. The monoisotopic (exact) mass is 639 g/mol. The van der Waals surface area contributed by atoms with Gasteiger partial charge >= 0.3 is 0 Å². The van der Waals surface area contributed by atoms with Gasteiger partial charge in [0.05, 0.1) is 24.6 Å². The van der Waals surface area contributed by atoms with Gasteiger partial charge < -0.3 is 30.3 Å². The Morgan fingerprint density at radius 2 is 1.79 bits per heavy atom. The number of rotatable bonds is 12. The lowest BCUT2D eigenvalue weighted by Crippen LogP contribution is -2.52. The maximum absolute atomic E-state index is 9.53. The highest BCUT2D eigenvalue weighted by molar-refractivity contribution is 5.71. The van der Waals surface area contributed by atoms with Crippen LogP contribution in [0.25, 0.3) is 17.1 Å². The van der Waals surface area contributed by atoms with Crippen molar-refractivity contribution in [3.05, 3.63) is 72.1 Å². The number of hydrogen-bond donors (Lipinski definition) is 3. The zero-order chi connectivity index (χ0) is 32.8. The van der Waals surface area contributed by atoms with Gasteiger partial charge in [-0.3, -0.25) is 4.90 Å². The Morgan fingerprint density at radius 3 is 2.51 bits per heavy atom. The summed E-state index contributed by atoms with van der Waals surface area (Å²) in [4.78, 5) is 17.0. The summed E-state index contributed by atoms with van der Waals surface area (Å²) >= 11 is 0. The third kappa shape index (κ3) is 7.93. The Bertz CT molecular complexity index is 1600. The predicted molar refractivity (Wildman–Crippen MR) is 188 cm³/mol. The van der Waals surface area contributed by atoms with Crippen LogP contribution in [-0.2, 0) is 6.54 Å². The molecule has 2 aliphatic heterocycles. The highest BCUT2D eigenvalue weighted by Gasteiger charge is 2.28. The van der Waals surface area contributed by atoms with Crippen molar-refractivity contribution in [2.75, 3.05) is 69.7 Å². The molecule has 2 fully saturated rings. The number of aliphatic hydroxyl groups is 1. The topological polar surface area (TPSA) is 107 Å². The van der Waals surface area contributed by atoms with Crippen LogP contribution >= 0.6 is 0 Å². The van der Waals surface area contributed by atoms with Gasteiger partial charge in [-0.1, -0.05) is 30.3 Å². The Labute approximate surface area is 278 Å². The molecule has 11 heteroatoms. The summed E-state index contributed by atoms with van der Waals surface area (Å²) in [6.07, 6.45) is 6.10. The Hall–Kier alpha value is -4.03. The van der Waals surface area contributed by atoms with E-state index in [4.69, 9.17) is 14.8 Å². The van der Waals surface area contributed by atoms with Gasteiger partial charge in [-0.05, 0) is 52.3 Å². The van der Waals surface area contributed by atoms with Crippen LogP contribution in [0, 0.1) is 6.92 Å². The highest BCUT2D eigenvalue weighted by atomic mass is 16.5. The minimum absolute atomic E-state index is 0.0277. The number of aromatic nitrogens is 4. The first-order valence-corrected chi connectivity index (χ1v) is 17.0. The zero-order valence-corrected chi connectivity index (χ0v) is 28.2. The van der Waals surface area contributed by atoms with Crippen LogP contribution in [0.1, 0.15) is 37.8 Å². The Kier molecular flexibility index (Phi) is 10.7. The number of anilines is 3. The van der Waals surface area contributed by atoms with Gasteiger partial charge in [0.1, 0.15) is 5.75 Å². The van der Waals surface area contributed by atoms with Crippen molar-refractivity contribution in [1.82, 2.24) is 34.9 Å². The standard InChI is InChI=1S/C36H49N9O2/c1-5-47-33-22-32(44-15-12-30(13-16-44)43-19-17-42(4)18-20-43)26(2)21-31(33)39-36-37-14-11-34(40-36)45-24-29(23-38-27(3)25-46)35(41-45)28-9-7-6-8-10-28/h6-11,14,21-22,24,27,30,38,46H,5,12-13,15-20,23,25H2,1-4H3,(H,37,39,40). The van der Waals surface area contributed by atoms with Gasteiger partial charge in [0.15, 0.2) is 5.82 Å². The molecule has 6 rings (SSSR count). The molecule has 0 spiro atoms. The SMILES string of the molecule is CCOc1cc(N2CCC(N3CCN(C)CC3)CC2)c(C)cc1Nc1nccc(-n2cc(CNC(C)CO)c(-c3ccccc3)n2)n1. The van der Waals surface area contributed by atoms with E-state index in [2.05, 4.69) is 68.6 Å². The maximum Gasteiger partial charge on any atom is 0.229 e. The van der Waals surface area contributed by atoms with Crippen molar-refractivity contribution in [2.45, 2.75) is 52.2 Å². The van der Waals surface area contributed by atoms with Crippen LogP contribution in [0.5, 0.6) is 5.75 Å². The summed E-state index contributed by atoms with van der Waals surface area (Å²) in [5.74, 6) is 1.91. The lowest BCUT2D eigenvalue weighted by Gasteiger charge is -2.43. The number of aryl methyl sites for hydroxylation is 1. The molecule has 1 unspecified atom stereocenters. The summed E-state index contributed by atoms with van der Waals surface area (Å²) in [7, 11) is 2.22. The third-order valence-corrected chi connectivity index (χ3v) is 9.33. The number of nitrogens with one attached hydrogen (secondary N) is 2. The molecule has 4 aromatic rings. The molecule has 2 aliphatic rings. The molecule has 2 saturated heterocycles. The molecule has 250 valence electrons. The second-order valence-electron chi connectivity index (χ2n) is 12.8. The molecule has 47 heavy (non-hydrogen) atoms. The molecular weight excluding hydrogens is 590 g/mol. The molecular formula is C36H49N9O2. The van der Waals surface area contributed by atoms with Crippen molar-refractivity contribution < 1.29 is 9.84 Å². The fourth-order valence-electron chi connectivity index (χ4n) is 6.55. The van der Waals surface area contributed by atoms with E-state index in [9.17, 15) is 5.11 Å². The van der Waals surface area contributed by atoms with E-state index in [0.717, 1.165) is 54.4 Å². The molecule has 0 aliphatic carbocycles. The molecule has 2 aromatic heterocycles. The number of likely N-dealkylation sites (N-methyl/N-ethyl adjacent to an activating group) is 1. The van der Waals surface area contributed by atoms with Gasteiger partial charge in [0.2, 0.25) is 5.95 Å². The lowest BCUT2D eigenvalue weighted by atomic mass is 10.0. The van der Waals surface area contributed by atoms with E-state index in [0.29, 0.717) is 31.0 Å². The van der Waals surface area contributed by atoms with Gasteiger partial charge in [0, 0.05) is 99.2 Å². The highest BCUT2D eigenvalue weighted by Crippen LogP contribution is 2.36. The quantitative estimate of drug-likeness (QED) is 0.206.